The van der Waals surface area contributed by atoms with Crippen LogP contribution in [0.4, 0.5) is 0 Å². The number of nitrogens with zero attached hydrogens (tertiary/aromatic N) is 1. The van der Waals surface area contributed by atoms with E-state index in [0.717, 1.165) is 6.26 Å². The van der Waals surface area contributed by atoms with E-state index in [1.165, 1.54) is 12.1 Å². The lowest BCUT2D eigenvalue weighted by Gasteiger charge is -2.13. The largest absolute Gasteiger partial charge is 0.281 e. The molecular weight excluding hydrogens is 204 g/mol. The van der Waals surface area contributed by atoms with Crippen molar-refractivity contribution in [3.63, 3.8) is 0 Å². The van der Waals surface area contributed by atoms with Gasteiger partial charge in [0.05, 0.1) is 6.26 Å². The molecule has 1 aromatic rings. The second-order valence-corrected chi connectivity index (χ2v) is 4.59. The Morgan fingerprint density at radius 3 is 2.21 bits per heavy atom. The van der Waals surface area contributed by atoms with Crippen molar-refractivity contribution < 1.29 is 13.2 Å². The van der Waals surface area contributed by atoms with Crippen LogP contribution in [0.1, 0.15) is 10.4 Å². The molecule has 1 rings (SSSR count). The minimum atomic E-state index is -3.69. The van der Waals surface area contributed by atoms with Crippen LogP contribution in [0.25, 0.3) is 0 Å². The molecular formula is C8H10N2O3S. The lowest BCUT2D eigenvalue weighted by atomic mass is 10.2. The van der Waals surface area contributed by atoms with Crippen molar-refractivity contribution in [1.82, 2.24) is 4.41 Å². The normalized spacial score (nSPS) is 11.0. The number of carbonyl (C=O) groups excluding carboxylic acids is 1. The van der Waals surface area contributed by atoms with E-state index in [0.29, 0.717) is 0 Å². The van der Waals surface area contributed by atoms with E-state index in [4.69, 9.17) is 5.84 Å². The first-order valence-corrected chi connectivity index (χ1v) is 5.62. The molecule has 0 heterocycles. The van der Waals surface area contributed by atoms with Crippen LogP contribution < -0.4 is 5.84 Å². The molecule has 76 valence electrons. The number of sulfonamides is 1. The fourth-order valence-corrected chi connectivity index (χ4v) is 1.27. The standard InChI is InChI=1S/C8H10N2O3S/c1-14(12,13)10(9)8(11)7-5-3-2-4-6-7/h2-6H,9H2,1H3. The van der Waals surface area contributed by atoms with Crippen molar-refractivity contribution in [2.45, 2.75) is 0 Å². The summed E-state index contributed by atoms with van der Waals surface area (Å²) in [4.78, 5) is 11.4. The molecule has 0 aliphatic carbocycles. The van der Waals surface area contributed by atoms with E-state index in [2.05, 4.69) is 0 Å². The van der Waals surface area contributed by atoms with Gasteiger partial charge >= 0.3 is 0 Å². The molecule has 0 aliphatic rings. The van der Waals surface area contributed by atoms with Crippen LogP contribution in [0.3, 0.4) is 0 Å². The van der Waals surface area contributed by atoms with Gasteiger partial charge in [0.25, 0.3) is 5.91 Å². The molecule has 5 nitrogen and oxygen atoms in total. The number of rotatable bonds is 2. The van der Waals surface area contributed by atoms with Crippen molar-refractivity contribution in [3.8, 4) is 0 Å². The molecule has 0 aliphatic heterocycles. The number of amides is 1. The summed E-state index contributed by atoms with van der Waals surface area (Å²) in [5.74, 6) is 4.38. The molecule has 2 N–H and O–H groups in total. The second kappa shape index (κ2) is 3.77. The van der Waals surface area contributed by atoms with Crippen LogP contribution in [0, 0.1) is 0 Å². The number of nitrogens with two attached hydrogens (primary N) is 1. The van der Waals surface area contributed by atoms with Gasteiger partial charge in [-0.2, -0.15) is 4.41 Å². The fourth-order valence-electron chi connectivity index (χ4n) is 0.859. The van der Waals surface area contributed by atoms with Crippen molar-refractivity contribution in [2.24, 2.45) is 5.84 Å². The summed E-state index contributed by atoms with van der Waals surface area (Å²) in [5, 5.41) is 0. The van der Waals surface area contributed by atoms with Crippen molar-refractivity contribution >= 4 is 15.9 Å². The van der Waals surface area contributed by atoms with Crippen LogP contribution in [-0.4, -0.2) is 25.0 Å². The Morgan fingerprint density at radius 1 is 1.29 bits per heavy atom. The van der Waals surface area contributed by atoms with Gasteiger partial charge in [-0.3, -0.25) is 4.79 Å². The van der Waals surface area contributed by atoms with Gasteiger partial charge < -0.3 is 0 Å². The first-order chi connectivity index (χ1) is 6.43. The maximum atomic E-state index is 11.4. The maximum Gasteiger partial charge on any atom is 0.281 e. The predicted octanol–water partition coefficient (Wildman–Crippen LogP) is -0.0379. The molecule has 0 radical (unpaired) electrons. The zero-order chi connectivity index (χ0) is 10.8. The molecule has 0 saturated heterocycles. The van der Waals surface area contributed by atoms with Gasteiger partial charge in [-0.15, -0.1) is 0 Å². The SMILES string of the molecule is CS(=O)(=O)N(N)C(=O)c1ccccc1. The molecule has 0 spiro atoms. The van der Waals surface area contributed by atoms with Gasteiger partial charge in [-0.25, -0.2) is 14.3 Å². The number of benzene rings is 1. The van der Waals surface area contributed by atoms with Gasteiger partial charge in [0, 0.05) is 5.56 Å². The van der Waals surface area contributed by atoms with E-state index >= 15 is 0 Å². The minimum absolute atomic E-state index is 0.225. The lowest BCUT2D eigenvalue weighted by molar-refractivity contribution is 0.0862. The highest BCUT2D eigenvalue weighted by atomic mass is 32.2. The molecule has 14 heavy (non-hydrogen) atoms. The van der Waals surface area contributed by atoms with Gasteiger partial charge in [0.1, 0.15) is 0 Å². The molecule has 1 amide bonds. The Labute approximate surface area is 82.2 Å². The highest BCUT2D eigenvalue weighted by Gasteiger charge is 2.20. The number of carbonyl (C=O) groups is 1. The summed E-state index contributed by atoms with van der Waals surface area (Å²) >= 11 is 0. The molecule has 1 aromatic carbocycles. The summed E-state index contributed by atoms with van der Waals surface area (Å²) in [6, 6.07) is 7.96. The third-order valence-corrected chi connectivity index (χ3v) is 2.46. The fraction of sp³-hybridized carbons (Fsp3) is 0.125. The van der Waals surface area contributed by atoms with Crippen LogP contribution in [0.2, 0.25) is 0 Å². The number of hydrogen-bond acceptors (Lipinski definition) is 4. The number of hydrogen-bond donors (Lipinski definition) is 1. The van der Waals surface area contributed by atoms with E-state index < -0.39 is 15.9 Å². The van der Waals surface area contributed by atoms with Crippen molar-refractivity contribution in [3.05, 3.63) is 35.9 Å². The van der Waals surface area contributed by atoms with E-state index in [1.54, 1.807) is 18.2 Å². The summed E-state index contributed by atoms with van der Waals surface area (Å²) < 4.78 is 22.1. The first kappa shape index (κ1) is 10.7. The monoisotopic (exact) mass is 214 g/mol. The highest BCUT2D eigenvalue weighted by Crippen LogP contribution is 2.03. The third kappa shape index (κ3) is 2.30. The van der Waals surface area contributed by atoms with E-state index in [-0.39, 0.29) is 9.98 Å². The quantitative estimate of drug-likeness (QED) is 0.425. The zero-order valence-corrected chi connectivity index (χ0v) is 8.36. The average molecular weight is 214 g/mol. The summed E-state index contributed by atoms with van der Waals surface area (Å²) in [7, 11) is -3.69. The van der Waals surface area contributed by atoms with Gasteiger partial charge in [0.2, 0.25) is 10.0 Å². The molecule has 0 atom stereocenters. The second-order valence-electron chi connectivity index (χ2n) is 2.73. The summed E-state index contributed by atoms with van der Waals surface area (Å²) in [6.07, 6.45) is 0.869. The van der Waals surface area contributed by atoms with E-state index in [1.807, 2.05) is 0 Å². The van der Waals surface area contributed by atoms with Crippen LogP contribution in [0.15, 0.2) is 30.3 Å². The van der Waals surface area contributed by atoms with Crippen molar-refractivity contribution in [2.75, 3.05) is 6.26 Å². The molecule has 0 unspecified atom stereocenters. The van der Waals surface area contributed by atoms with Gasteiger partial charge in [0.15, 0.2) is 0 Å². The first-order valence-electron chi connectivity index (χ1n) is 3.77. The Kier molecular flexibility index (Phi) is 2.87. The minimum Gasteiger partial charge on any atom is -0.266 e. The van der Waals surface area contributed by atoms with Crippen molar-refractivity contribution in [1.29, 1.82) is 0 Å². The maximum absolute atomic E-state index is 11.4. The Bertz CT molecular complexity index is 427. The zero-order valence-electron chi connectivity index (χ0n) is 7.54. The predicted molar refractivity (Wildman–Crippen MR) is 51.6 cm³/mol. The smallest absolute Gasteiger partial charge is 0.266 e. The van der Waals surface area contributed by atoms with Crippen LogP contribution in [-0.2, 0) is 10.0 Å². The summed E-state index contributed by atoms with van der Waals surface area (Å²) in [6.45, 7) is 0. The van der Waals surface area contributed by atoms with E-state index in [9.17, 15) is 13.2 Å². The molecule has 0 aromatic heterocycles. The number of hydrazine groups is 1. The molecule has 0 fully saturated rings. The Hall–Kier alpha value is -1.40. The molecule has 0 bridgehead atoms. The molecule has 0 saturated carbocycles. The molecule has 6 heteroatoms. The Balaban J connectivity index is 2.99. The highest BCUT2D eigenvalue weighted by molar-refractivity contribution is 7.88. The average Bonchev–Trinajstić information content (AvgIpc) is 2.15. The van der Waals surface area contributed by atoms with Crippen LogP contribution >= 0.6 is 0 Å². The van der Waals surface area contributed by atoms with Gasteiger partial charge in [-0.1, -0.05) is 18.2 Å². The van der Waals surface area contributed by atoms with Crippen LogP contribution in [0.5, 0.6) is 0 Å². The Morgan fingerprint density at radius 2 is 1.79 bits per heavy atom. The van der Waals surface area contributed by atoms with Gasteiger partial charge in [-0.05, 0) is 12.1 Å². The lowest BCUT2D eigenvalue weighted by Crippen LogP contribution is -2.41. The summed E-state index contributed by atoms with van der Waals surface area (Å²) in [5.41, 5.74) is 0.237. The topological polar surface area (TPSA) is 80.5 Å². The third-order valence-electron chi connectivity index (χ3n) is 1.58.